The van der Waals surface area contributed by atoms with E-state index in [1.807, 2.05) is 0 Å². The molecule has 0 spiro atoms. The number of aliphatic carboxylic acids is 1. The van der Waals surface area contributed by atoms with E-state index in [0.717, 1.165) is 0 Å². The smallest absolute Gasteiger partial charge is 0.303 e. The van der Waals surface area contributed by atoms with Crippen molar-refractivity contribution in [1.29, 1.82) is 0 Å². The zero-order valence-corrected chi connectivity index (χ0v) is 13.7. The third kappa shape index (κ3) is 7.28. The number of rotatable bonds is 7. The Morgan fingerprint density at radius 2 is 1.86 bits per heavy atom. The van der Waals surface area contributed by atoms with Gasteiger partial charge in [0.25, 0.3) is 5.91 Å². The predicted octanol–water partition coefficient (Wildman–Crippen LogP) is 1.88. The standard InChI is InChI=1S/C13H14BrClN2O5/c14-9-6-8(15)4-5-10(9)22-7-12(19)17-16-11(18)2-1-3-13(20)21/h4-6H,1-3,7H2,(H,16,18)(H,17,19)(H,20,21). The van der Waals surface area contributed by atoms with Crippen molar-refractivity contribution in [2.75, 3.05) is 6.61 Å². The molecule has 7 nitrogen and oxygen atoms in total. The monoisotopic (exact) mass is 392 g/mol. The number of hydrogen-bond acceptors (Lipinski definition) is 4. The minimum absolute atomic E-state index is 0.0101. The lowest BCUT2D eigenvalue weighted by atomic mass is 10.2. The van der Waals surface area contributed by atoms with Crippen LogP contribution in [0.3, 0.4) is 0 Å². The van der Waals surface area contributed by atoms with Gasteiger partial charge in [-0.25, -0.2) is 0 Å². The van der Waals surface area contributed by atoms with E-state index >= 15 is 0 Å². The molecule has 1 aromatic rings. The summed E-state index contributed by atoms with van der Waals surface area (Å²) in [5.74, 6) is -1.55. The van der Waals surface area contributed by atoms with Gasteiger partial charge in [0.1, 0.15) is 5.75 Å². The number of carbonyl (C=O) groups is 3. The Morgan fingerprint density at radius 3 is 2.50 bits per heavy atom. The molecule has 0 radical (unpaired) electrons. The molecule has 2 amide bonds. The van der Waals surface area contributed by atoms with Gasteiger partial charge >= 0.3 is 5.97 Å². The lowest BCUT2D eigenvalue weighted by Gasteiger charge is -2.09. The number of ether oxygens (including phenoxy) is 1. The van der Waals surface area contributed by atoms with E-state index in [-0.39, 0.29) is 25.9 Å². The fourth-order valence-corrected chi connectivity index (χ4v) is 2.17. The van der Waals surface area contributed by atoms with Crippen LogP contribution in [0.15, 0.2) is 22.7 Å². The maximum absolute atomic E-state index is 11.5. The number of hydrogen-bond donors (Lipinski definition) is 3. The van der Waals surface area contributed by atoms with Crippen LogP contribution in [0.25, 0.3) is 0 Å². The second-order valence-electron chi connectivity index (χ2n) is 4.21. The molecular formula is C13H14BrClN2O5. The summed E-state index contributed by atoms with van der Waals surface area (Å²) < 4.78 is 5.85. The number of benzene rings is 1. The summed E-state index contributed by atoms with van der Waals surface area (Å²) in [5.41, 5.74) is 4.34. The van der Waals surface area contributed by atoms with E-state index in [1.165, 1.54) is 0 Å². The zero-order valence-electron chi connectivity index (χ0n) is 11.4. The Kier molecular flexibility index (Phi) is 7.69. The summed E-state index contributed by atoms with van der Waals surface area (Å²) >= 11 is 9.02. The maximum Gasteiger partial charge on any atom is 0.303 e. The largest absolute Gasteiger partial charge is 0.483 e. The van der Waals surface area contributed by atoms with Crippen molar-refractivity contribution in [1.82, 2.24) is 10.9 Å². The van der Waals surface area contributed by atoms with Crippen LogP contribution in [0.4, 0.5) is 0 Å². The van der Waals surface area contributed by atoms with E-state index in [9.17, 15) is 14.4 Å². The SMILES string of the molecule is O=C(O)CCCC(=O)NNC(=O)COc1ccc(Cl)cc1Br. The molecule has 1 aromatic carbocycles. The number of amides is 2. The summed E-state index contributed by atoms with van der Waals surface area (Å²) in [6.45, 7) is -0.296. The molecular weight excluding hydrogens is 380 g/mol. The number of halogens is 2. The summed E-state index contributed by atoms with van der Waals surface area (Å²) in [5, 5.41) is 8.96. The van der Waals surface area contributed by atoms with Gasteiger partial charge in [-0.3, -0.25) is 25.2 Å². The first-order valence-corrected chi connectivity index (χ1v) is 7.43. The molecule has 0 aliphatic rings. The maximum atomic E-state index is 11.5. The number of nitrogens with one attached hydrogen (secondary N) is 2. The van der Waals surface area contributed by atoms with Gasteiger partial charge in [0.05, 0.1) is 4.47 Å². The van der Waals surface area contributed by atoms with Crippen molar-refractivity contribution >= 4 is 45.3 Å². The average molecular weight is 394 g/mol. The molecule has 0 aliphatic heterocycles. The van der Waals surface area contributed by atoms with Crippen molar-refractivity contribution in [2.45, 2.75) is 19.3 Å². The van der Waals surface area contributed by atoms with Gasteiger partial charge in [0.15, 0.2) is 6.61 Å². The highest BCUT2D eigenvalue weighted by Crippen LogP contribution is 2.27. The van der Waals surface area contributed by atoms with Gasteiger partial charge in [-0.2, -0.15) is 0 Å². The molecule has 22 heavy (non-hydrogen) atoms. The van der Waals surface area contributed by atoms with Gasteiger partial charge in [0.2, 0.25) is 5.91 Å². The number of carbonyl (C=O) groups excluding carboxylic acids is 2. The van der Waals surface area contributed by atoms with Crippen LogP contribution in [0.1, 0.15) is 19.3 Å². The molecule has 1 rings (SSSR count). The molecule has 0 saturated heterocycles. The minimum Gasteiger partial charge on any atom is -0.483 e. The quantitative estimate of drug-likeness (QED) is 0.614. The lowest BCUT2D eigenvalue weighted by Crippen LogP contribution is -2.43. The van der Waals surface area contributed by atoms with E-state index in [2.05, 4.69) is 26.8 Å². The topological polar surface area (TPSA) is 105 Å². The Morgan fingerprint density at radius 1 is 1.18 bits per heavy atom. The third-order valence-corrected chi connectivity index (χ3v) is 3.24. The van der Waals surface area contributed by atoms with Crippen LogP contribution in [-0.2, 0) is 14.4 Å². The molecule has 120 valence electrons. The fourth-order valence-electron chi connectivity index (χ4n) is 1.37. The molecule has 3 N–H and O–H groups in total. The van der Waals surface area contributed by atoms with Crippen LogP contribution < -0.4 is 15.6 Å². The predicted molar refractivity (Wildman–Crippen MR) is 82.4 cm³/mol. The molecule has 0 unspecified atom stereocenters. The molecule has 0 heterocycles. The lowest BCUT2D eigenvalue weighted by molar-refractivity contribution is -0.137. The number of carboxylic acid groups (broad SMARTS) is 1. The summed E-state index contributed by atoms with van der Waals surface area (Å²) in [4.78, 5) is 33.1. The van der Waals surface area contributed by atoms with Crippen LogP contribution in [-0.4, -0.2) is 29.5 Å². The molecule has 0 aromatic heterocycles. The second-order valence-corrected chi connectivity index (χ2v) is 5.50. The highest BCUT2D eigenvalue weighted by atomic mass is 79.9. The molecule has 0 bridgehead atoms. The van der Waals surface area contributed by atoms with Crippen molar-refractivity contribution in [3.8, 4) is 5.75 Å². The van der Waals surface area contributed by atoms with Crippen molar-refractivity contribution in [2.24, 2.45) is 0 Å². The van der Waals surface area contributed by atoms with E-state index in [4.69, 9.17) is 21.4 Å². The van der Waals surface area contributed by atoms with Gasteiger partial charge in [-0.1, -0.05) is 11.6 Å². The normalized spacial score (nSPS) is 9.91. The molecule has 0 saturated carbocycles. The third-order valence-electron chi connectivity index (χ3n) is 2.39. The van der Waals surface area contributed by atoms with Crippen LogP contribution in [0.2, 0.25) is 5.02 Å². The average Bonchev–Trinajstić information content (AvgIpc) is 2.43. The highest BCUT2D eigenvalue weighted by Gasteiger charge is 2.08. The zero-order chi connectivity index (χ0) is 16.5. The Hall–Kier alpha value is -1.80. The molecule has 0 fully saturated rings. The minimum atomic E-state index is -0.973. The first-order chi connectivity index (χ1) is 10.4. The van der Waals surface area contributed by atoms with Crippen LogP contribution in [0.5, 0.6) is 5.75 Å². The summed E-state index contributed by atoms with van der Waals surface area (Å²) in [6.07, 6.45) is 0.108. The van der Waals surface area contributed by atoms with Gasteiger partial charge in [-0.05, 0) is 40.5 Å². The van der Waals surface area contributed by atoms with Gasteiger partial charge < -0.3 is 9.84 Å². The van der Waals surface area contributed by atoms with Crippen molar-refractivity contribution < 1.29 is 24.2 Å². The molecule has 0 atom stereocenters. The van der Waals surface area contributed by atoms with E-state index in [0.29, 0.717) is 15.2 Å². The molecule has 9 heteroatoms. The second kappa shape index (κ2) is 9.26. The molecule has 0 aliphatic carbocycles. The number of hydrazine groups is 1. The first kappa shape index (κ1) is 18.2. The van der Waals surface area contributed by atoms with Crippen LogP contribution in [0, 0.1) is 0 Å². The van der Waals surface area contributed by atoms with Crippen molar-refractivity contribution in [3.05, 3.63) is 27.7 Å². The first-order valence-electron chi connectivity index (χ1n) is 6.26. The highest BCUT2D eigenvalue weighted by molar-refractivity contribution is 9.10. The summed E-state index contributed by atoms with van der Waals surface area (Å²) in [7, 11) is 0. The van der Waals surface area contributed by atoms with E-state index in [1.54, 1.807) is 18.2 Å². The van der Waals surface area contributed by atoms with Crippen molar-refractivity contribution in [3.63, 3.8) is 0 Å². The number of carboxylic acids is 1. The summed E-state index contributed by atoms with van der Waals surface area (Å²) in [6, 6.07) is 4.84. The van der Waals surface area contributed by atoms with E-state index < -0.39 is 17.8 Å². The Balaban J connectivity index is 2.26. The Bertz CT molecular complexity index is 567. The van der Waals surface area contributed by atoms with Gasteiger partial charge in [-0.15, -0.1) is 0 Å². The van der Waals surface area contributed by atoms with Gasteiger partial charge in [0, 0.05) is 17.9 Å². The van der Waals surface area contributed by atoms with Crippen LogP contribution >= 0.6 is 27.5 Å². The fraction of sp³-hybridized carbons (Fsp3) is 0.308. The Labute approximate surface area is 140 Å².